The molecule has 1 aromatic carbocycles. The molecule has 0 saturated heterocycles. The molecule has 4 heteroatoms. The summed E-state index contributed by atoms with van der Waals surface area (Å²) in [5.41, 5.74) is 7.21. The van der Waals surface area contributed by atoms with Gasteiger partial charge in [0, 0.05) is 26.1 Å². The van der Waals surface area contributed by atoms with Crippen molar-refractivity contribution < 1.29 is 9.53 Å². The van der Waals surface area contributed by atoms with Gasteiger partial charge in [-0.2, -0.15) is 0 Å². The SMILES string of the molecule is Cc1cccc(OCCCCC(=O)N(C)CCC(N)C(C)C)c1. The first-order valence-electron chi connectivity index (χ1n) is 8.59. The lowest BCUT2D eigenvalue weighted by atomic mass is 10.0. The van der Waals surface area contributed by atoms with Crippen LogP contribution in [0.25, 0.3) is 0 Å². The van der Waals surface area contributed by atoms with Crippen molar-refractivity contribution in [2.24, 2.45) is 11.7 Å². The van der Waals surface area contributed by atoms with Crippen molar-refractivity contribution in [3.63, 3.8) is 0 Å². The number of carbonyl (C=O) groups is 1. The Hall–Kier alpha value is -1.55. The molecule has 0 aliphatic heterocycles. The van der Waals surface area contributed by atoms with Gasteiger partial charge < -0.3 is 15.4 Å². The maximum atomic E-state index is 12.0. The second kappa shape index (κ2) is 10.3. The summed E-state index contributed by atoms with van der Waals surface area (Å²) < 4.78 is 5.69. The number of ether oxygens (including phenoxy) is 1. The zero-order valence-corrected chi connectivity index (χ0v) is 15.0. The Kier molecular flexibility index (Phi) is 8.70. The summed E-state index contributed by atoms with van der Waals surface area (Å²) in [5.74, 6) is 1.55. The molecule has 0 fully saturated rings. The number of hydrogen-bond acceptors (Lipinski definition) is 3. The molecule has 4 nitrogen and oxygen atoms in total. The van der Waals surface area contributed by atoms with Gasteiger partial charge in [-0.15, -0.1) is 0 Å². The fourth-order valence-corrected chi connectivity index (χ4v) is 2.27. The van der Waals surface area contributed by atoms with Crippen LogP contribution in [-0.2, 0) is 4.79 Å². The van der Waals surface area contributed by atoms with Crippen molar-refractivity contribution in [1.29, 1.82) is 0 Å². The molecule has 0 bridgehead atoms. The van der Waals surface area contributed by atoms with E-state index < -0.39 is 0 Å². The van der Waals surface area contributed by atoms with Crippen LogP contribution in [0.1, 0.15) is 45.1 Å². The summed E-state index contributed by atoms with van der Waals surface area (Å²) in [4.78, 5) is 13.8. The van der Waals surface area contributed by atoms with Crippen LogP contribution in [0.3, 0.4) is 0 Å². The largest absolute Gasteiger partial charge is 0.494 e. The highest BCUT2D eigenvalue weighted by Crippen LogP contribution is 2.13. The normalized spacial score (nSPS) is 12.3. The maximum Gasteiger partial charge on any atom is 0.222 e. The van der Waals surface area contributed by atoms with E-state index in [1.807, 2.05) is 38.2 Å². The quantitative estimate of drug-likeness (QED) is 0.672. The van der Waals surface area contributed by atoms with E-state index in [1.165, 1.54) is 5.56 Å². The minimum Gasteiger partial charge on any atom is -0.494 e. The Labute approximate surface area is 141 Å². The minimum absolute atomic E-state index is 0.160. The molecule has 0 saturated carbocycles. The van der Waals surface area contributed by atoms with Crippen molar-refractivity contribution in [2.75, 3.05) is 20.2 Å². The number of aryl methyl sites for hydroxylation is 1. The van der Waals surface area contributed by atoms with Crippen molar-refractivity contribution in [3.05, 3.63) is 29.8 Å². The van der Waals surface area contributed by atoms with Crippen LogP contribution in [0.15, 0.2) is 24.3 Å². The Morgan fingerprint density at radius 1 is 1.30 bits per heavy atom. The van der Waals surface area contributed by atoms with Gasteiger partial charge in [-0.25, -0.2) is 0 Å². The van der Waals surface area contributed by atoms with Crippen molar-refractivity contribution >= 4 is 5.91 Å². The number of unbranched alkanes of at least 4 members (excludes halogenated alkanes) is 1. The molecule has 1 unspecified atom stereocenters. The highest BCUT2D eigenvalue weighted by atomic mass is 16.5. The van der Waals surface area contributed by atoms with Gasteiger partial charge in [0.25, 0.3) is 0 Å². The van der Waals surface area contributed by atoms with Gasteiger partial charge in [-0.3, -0.25) is 4.79 Å². The molecule has 1 amide bonds. The number of nitrogens with zero attached hydrogens (tertiary/aromatic N) is 1. The highest BCUT2D eigenvalue weighted by Gasteiger charge is 2.12. The second-order valence-electron chi connectivity index (χ2n) is 6.63. The molecular formula is C19H32N2O2. The molecule has 0 aliphatic rings. The van der Waals surface area contributed by atoms with E-state index in [-0.39, 0.29) is 11.9 Å². The molecule has 23 heavy (non-hydrogen) atoms. The number of rotatable bonds is 10. The first-order chi connectivity index (χ1) is 10.9. The number of hydrogen-bond donors (Lipinski definition) is 1. The van der Waals surface area contributed by atoms with E-state index in [0.717, 1.165) is 31.6 Å². The van der Waals surface area contributed by atoms with Crippen LogP contribution in [0.2, 0.25) is 0 Å². The third kappa shape index (κ3) is 8.03. The molecule has 1 atom stereocenters. The maximum absolute atomic E-state index is 12.0. The lowest BCUT2D eigenvalue weighted by Gasteiger charge is -2.21. The van der Waals surface area contributed by atoms with Gasteiger partial charge in [0.1, 0.15) is 5.75 Å². The van der Waals surface area contributed by atoms with Crippen molar-refractivity contribution in [1.82, 2.24) is 4.90 Å². The number of nitrogens with two attached hydrogens (primary N) is 1. The van der Waals surface area contributed by atoms with Crippen molar-refractivity contribution in [2.45, 2.75) is 52.5 Å². The zero-order chi connectivity index (χ0) is 17.2. The van der Waals surface area contributed by atoms with E-state index in [0.29, 0.717) is 18.9 Å². The van der Waals surface area contributed by atoms with Crippen LogP contribution in [-0.4, -0.2) is 37.0 Å². The van der Waals surface area contributed by atoms with Gasteiger partial charge in [0.2, 0.25) is 5.91 Å². The third-order valence-corrected chi connectivity index (χ3v) is 4.12. The van der Waals surface area contributed by atoms with Crippen LogP contribution in [0.5, 0.6) is 5.75 Å². The van der Waals surface area contributed by atoms with E-state index in [1.54, 1.807) is 4.90 Å². The number of carbonyl (C=O) groups excluding carboxylic acids is 1. The molecule has 0 radical (unpaired) electrons. The van der Waals surface area contributed by atoms with E-state index >= 15 is 0 Å². The Morgan fingerprint density at radius 3 is 2.70 bits per heavy atom. The summed E-state index contributed by atoms with van der Waals surface area (Å²) in [6, 6.07) is 8.19. The topological polar surface area (TPSA) is 55.6 Å². The number of amides is 1. The summed E-state index contributed by atoms with van der Waals surface area (Å²) in [6.45, 7) is 7.66. The standard InChI is InChI=1S/C19H32N2O2/c1-15(2)18(20)11-12-21(4)19(22)10-5-6-13-23-17-9-7-8-16(3)14-17/h7-9,14-15,18H,5-6,10-13,20H2,1-4H3. The molecule has 0 spiro atoms. The van der Waals surface area contributed by atoms with Gasteiger partial charge in [0.15, 0.2) is 0 Å². The van der Waals surface area contributed by atoms with Gasteiger partial charge in [-0.1, -0.05) is 26.0 Å². The second-order valence-corrected chi connectivity index (χ2v) is 6.63. The van der Waals surface area contributed by atoms with Crippen LogP contribution < -0.4 is 10.5 Å². The van der Waals surface area contributed by atoms with Gasteiger partial charge >= 0.3 is 0 Å². The first kappa shape index (κ1) is 19.5. The molecule has 0 aliphatic carbocycles. The summed E-state index contributed by atoms with van der Waals surface area (Å²) in [5, 5.41) is 0. The molecule has 0 aromatic heterocycles. The van der Waals surface area contributed by atoms with Crippen molar-refractivity contribution in [3.8, 4) is 5.75 Å². The summed E-state index contributed by atoms with van der Waals surface area (Å²) in [7, 11) is 1.86. The van der Waals surface area contributed by atoms with Crippen LogP contribution in [0, 0.1) is 12.8 Å². The fraction of sp³-hybridized carbons (Fsp3) is 0.632. The van der Waals surface area contributed by atoms with Gasteiger partial charge in [0.05, 0.1) is 6.61 Å². The molecule has 130 valence electrons. The Balaban J connectivity index is 2.13. The third-order valence-electron chi connectivity index (χ3n) is 4.12. The molecule has 0 heterocycles. The minimum atomic E-state index is 0.160. The summed E-state index contributed by atoms with van der Waals surface area (Å²) in [6.07, 6.45) is 3.17. The summed E-state index contributed by atoms with van der Waals surface area (Å²) >= 11 is 0. The Morgan fingerprint density at radius 2 is 2.04 bits per heavy atom. The molecular weight excluding hydrogens is 288 g/mol. The Bertz CT molecular complexity index is 474. The van der Waals surface area contributed by atoms with Crippen LogP contribution >= 0.6 is 0 Å². The number of benzene rings is 1. The fourth-order valence-electron chi connectivity index (χ4n) is 2.27. The molecule has 1 rings (SSSR count). The first-order valence-corrected chi connectivity index (χ1v) is 8.59. The molecule has 1 aromatic rings. The lowest BCUT2D eigenvalue weighted by Crippen LogP contribution is -2.34. The van der Waals surface area contributed by atoms with E-state index in [4.69, 9.17) is 10.5 Å². The zero-order valence-electron chi connectivity index (χ0n) is 15.0. The molecule has 2 N–H and O–H groups in total. The lowest BCUT2D eigenvalue weighted by molar-refractivity contribution is -0.130. The van der Waals surface area contributed by atoms with Gasteiger partial charge in [-0.05, 0) is 49.8 Å². The predicted octanol–water partition coefficient (Wildman–Crippen LogP) is 3.38. The van der Waals surface area contributed by atoms with E-state index in [2.05, 4.69) is 13.8 Å². The van der Waals surface area contributed by atoms with Crippen LogP contribution in [0.4, 0.5) is 0 Å². The predicted molar refractivity (Wildman–Crippen MR) is 95.6 cm³/mol. The van der Waals surface area contributed by atoms with E-state index in [9.17, 15) is 4.79 Å². The smallest absolute Gasteiger partial charge is 0.222 e. The average Bonchev–Trinajstić information content (AvgIpc) is 2.51. The average molecular weight is 320 g/mol. The monoisotopic (exact) mass is 320 g/mol. The highest BCUT2D eigenvalue weighted by molar-refractivity contribution is 5.75.